The Morgan fingerprint density at radius 3 is 2.00 bits per heavy atom. The predicted molar refractivity (Wildman–Crippen MR) is 108 cm³/mol. The largest absolute Gasteiger partial charge is 0.481 e. The molecule has 170 valence electrons. The van der Waals surface area contributed by atoms with Gasteiger partial charge in [0.05, 0.1) is 18.9 Å². The second-order valence-electron chi connectivity index (χ2n) is 6.78. The number of aliphatic hydroxyl groups excluding tert-OH is 1. The molecule has 0 saturated heterocycles. The van der Waals surface area contributed by atoms with Crippen molar-refractivity contribution in [2.75, 3.05) is 19.6 Å². The highest BCUT2D eigenvalue weighted by atomic mass is 16.4. The Hall–Kier alpha value is -3.28. The zero-order valence-electron chi connectivity index (χ0n) is 16.7. The molecule has 0 spiro atoms. The van der Waals surface area contributed by atoms with Gasteiger partial charge in [-0.3, -0.25) is 24.1 Å². The summed E-state index contributed by atoms with van der Waals surface area (Å²) >= 11 is 0. The SMILES string of the molecule is C=Cc1ccc(C(O)CN(CCNC(CC(=O)O)C(=O)O)C(CC(=O)O)C(=O)O)cc1. The van der Waals surface area contributed by atoms with Crippen LogP contribution in [0.5, 0.6) is 0 Å². The number of hydrogen-bond acceptors (Lipinski definition) is 7. The van der Waals surface area contributed by atoms with Gasteiger partial charge in [-0.1, -0.05) is 36.9 Å². The van der Waals surface area contributed by atoms with Crippen molar-refractivity contribution in [1.82, 2.24) is 10.2 Å². The summed E-state index contributed by atoms with van der Waals surface area (Å²) < 4.78 is 0. The molecule has 3 atom stereocenters. The Balaban J connectivity index is 2.97. The zero-order valence-corrected chi connectivity index (χ0v) is 16.7. The number of carboxylic acid groups (broad SMARTS) is 4. The van der Waals surface area contributed by atoms with E-state index in [0.717, 1.165) is 5.56 Å². The Morgan fingerprint density at radius 1 is 0.968 bits per heavy atom. The molecule has 0 aromatic heterocycles. The van der Waals surface area contributed by atoms with E-state index in [9.17, 15) is 29.4 Å². The molecule has 6 N–H and O–H groups in total. The Bertz CT molecular complexity index is 794. The van der Waals surface area contributed by atoms with E-state index in [0.29, 0.717) is 5.56 Å². The second kappa shape index (κ2) is 12.4. The van der Waals surface area contributed by atoms with Crippen molar-refractivity contribution in [1.29, 1.82) is 0 Å². The van der Waals surface area contributed by atoms with E-state index in [2.05, 4.69) is 11.9 Å². The number of rotatable bonds is 15. The predicted octanol–water partition coefficient (Wildman–Crippen LogP) is 0.110. The molecule has 0 saturated carbocycles. The lowest BCUT2D eigenvalue weighted by Crippen LogP contribution is -2.49. The highest BCUT2D eigenvalue weighted by Gasteiger charge is 2.30. The molecule has 1 aromatic rings. The van der Waals surface area contributed by atoms with Gasteiger partial charge in [-0.2, -0.15) is 0 Å². The molecule has 0 fully saturated rings. The van der Waals surface area contributed by atoms with Gasteiger partial charge in [0.2, 0.25) is 0 Å². The van der Waals surface area contributed by atoms with Crippen LogP contribution in [0.4, 0.5) is 0 Å². The molecule has 0 aliphatic rings. The van der Waals surface area contributed by atoms with Gasteiger partial charge >= 0.3 is 23.9 Å². The molecule has 0 radical (unpaired) electrons. The summed E-state index contributed by atoms with van der Waals surface area (Å²) in [7, 11) is 0. The van der Waals surface area contributed by atoms with E-state index in [1.807, 2.05) is 0 Å². The third kappa shape index (κ3) is 8.95. The Labute approximate surface area is 178 Å². The van der Waals surface area contributed by atoms with Crippen molar-refractivity contribution in [3.63, 3.8) is 0 Å². The molecule has 0 bridgehead atoms. The molecular formula is C20H26N2O9. The van der Waals surface area contributed by atoms with Crippen LogP contribution in [0.25, 0.3) is 6.08 Å². The van der Waals surface area contributed by atoms with Gasteiger partial charge in [-0.15, -0.1) is 0 Å². The molecule has 31 heavy (non-hydrogen) atoms. The van der Waals surface area contributed by atoms with Gasteiger partial charge in [0.25, 0.3) is 0 Å². The van der Waals surface area contributed by atoms with Crippen molar-refractivity contribution < 1.29 is 44.7 Å². The van der Waals surface area contributed by atoms with Gasteiger partial charge in [0.1, 0.15) is 12.1 Å². The summed E-state index contributed by atoms with van der Waals surface area (Å²) in [4.78, 5) is 45.9. The average Bonchev–Trinajstić information content (AvgIpc) is 2.69. The fourth-order valence-corrected chi connectivity index (χ4v) is 2.90. The summed E-state index contributed by atoms with van der Waals surface area (Å²) in [6.45, 7) is 3.10. The number of nitrogens with zero attached hydrogens (tertiary/aromatic N) is 1. The zero-order chi connectivity index (χ0) is 23.6. The van der Waals surface area contributed by atoms with Crippen molar-refractivity contribution in [2.24, 2.45) is 0 Å². The van der Waals surface area contributed by atoms with E-state index < -0.39 is 54.9 Å². The summed E-state index contributed by atoms with van der Waals surface area (Å²) in [6, 6.07) is 3.76. The minimum Gasteiger partial charge on any atom is -0.481 e. The van der Waals surface area contributed by atoms with Crippen LogP contribution in [0.3, 0.4) is 0 Å². The number of hydrogen-bond donors (Lipinski definition) is 6. The standard InChI is InChI=1S/C20H26N2O9/c1-2-12-3-5-13(6-4-12)16(23)11-22(15(20(30)31)10-18(26)27)8-7-21-14(19(28)29)9-17(24)25/h2-6,14-16,21,23H,1,7-11H2,(H,24,25)(H,26,27)(H,28,29)(H,30,31). The molecule has 11 nitrogen and oxygen atoms in total. The van der Waals surface area contributed by atoms with Crippen LogP contribution in [0.15, 0.2) is 30.8 Å². The number of nitrogens with one attached hydrogen (secondary N) is 1. The molecule has 3 unspecified atom stereocenters. The first-order valence-electron chi connectivity index (χ1n) is 9.32. The average molecular weight is 438 g/mol. The highest BCUT2D eigenvalue weighted by molar-refractivity contribution is 5.81. The Kier molecular flexibility index (Phi) is 10.3. The molecule has 1 aromatic carbocycles. The number of carbonyl (C=O) groups is 4. The van der Waals surface area contributed by atoms with E-state index in [-0.39, 0.29) is 19.6 Å². The van der Waals surface area contributed by atoms with Gasteiger partial charge in [-0.05, 0) is 11.1 Å². The first-order valence-corrected chi connectivity index (χ1v) is 9.32. The fourth-order valence-electron chi connectivity index (χ4n) is 2.90. The summed E-state index contributed by atoms with van der Waals surface area (Å²) in [5.41, 5.74) is 1.28. The number of aliphatic hydroxyl groups is 1. The number of aliphatic carboxylic acids is 4. The fraction of sp³-hybridized carbons (Fsp3) is 0.400. The van der Waals surface area contributed by atoms with E-state index in [1.165, 1.54) is 4.90 Å². The quantitative estimate of drug-likeness (QED) is 0.218. The van der Waals surface area contributed by atoms with Gasteiger partial charge in [-0.25, -0.2) is 0 Å². The molecule has 11 heteroatoms. The first-order chi connectivity index (χ1) is 14.5. The van der Waals surface area contributed by atoms with Gasteiger partial charge in [0.15, 0.2) is 0 Å². The van der Waals surface area contributed by atoms with Crippen LogP contribution < -0.4 is 5.32 Å². The third-order valence-corrected chi connectivity index (χ3v) is 4.52. The van der Waals surface area contributed by atoms with Crippen LogP contribution in [-0.4, -0.2) is 86.0 Å². The first kappa shape index (κ1) is 25.8. The van der Waals surface area contributed by atoms with Crippen LogP contribution in [0.1, 0.15) is 30.1 Å². The minimum absolute atomic E-state index is 0.143. The van der Waals surface area contributed by atoms with E-state index in [1.54, 1.807) is 30.3 Å². The third-order valence-electron chi connectivity index (χ3n) is 4.52. The maximum Gasteiger partial charge on any atom is 0.321 e. The lowest BCUT2D eigenvalue weighted by atomic mass is 10.0. The van der Waals surface area contributed by atoms with E-state index >= 15 is 0 Å². The summed E-state index contributed by atoms with van der Waals surface area (Å²) in [6.07, 6.45) is -0.971. The summed E-state index contributed by atoms with van der Waals surface area (Å²) in [5, 5.41) is 49.4. The lowest BCUT2D eigenvalue weighted by Gasteiger charge is -2.30. The van der Waals surface area contributed by atoms with Crippen molar-refractivity contribution in [2.45, 2.75) is 31.0 Å². The highest BCUT2D eigenvalue weighted by Crippen LogP contribution is 2.18. The topological polar surface area (TPSA) is 185 Å². The summed E-state index contributed by atoms with van der Waals surface area (Å²) in [5.74, 6) is -5.50. The van der Waals surface area contributed by atoms with E-state index in [4.69, 9.17) is 15.3 Å². The molecular weight excluding hydrogens is 412 g/mol. The number of carboxylic acids is 4. The number of benzene rings is 1. The smallest absolute Gasteiger partial charge is 0.321 e. The maximum atomic E-state index is 11.6. The van der Waals surface area contributed by atoms with Crippen LogP contribution in [0.2, 0.25) is 0 Å². The lowest BCUT2D eigenvalue weighted by molar-refractivity contribution is -0.150. The molecule has 0 amide bonds. The monoisotopic (exact) mass is 438 g/mol. The van der Waals surface area contributed by atoms with Crippen LogP contribution >= 0.6 is 0 Å². The molecule has 0 aliphatic carbocycles. The normalized spacial score (nSPS) is 13.9. The van der Waals surface area contributed by atoms with Crippen LogP contribution in [-0.2, 0) is 19.2 Å². The molecule has 0 heterocycles. The second-order valence-corrected chi connectivity index (χ2v) is 6.78. The van der Waals surface area contributed by atoms with Crippen molar-refractivity contribution >= 4 is 30.0 Å². The van der Waals surface area contributed by atoms with Crippen molar-refractivity contribution in [3.05, 3.63) is 42.0 Å². The van der Waals surface area contributed by atoms with Gasteiger partial charge < -0.3 is 30.8 Å². The minimum atomic E-state index is -1.48. The van der Waals surface area contributed by atoms with Gasteiger partial charge in [0, 0.05) is 19.6 Å². The van der Waals surface area contributed by atoms with Crippen LogP contribution in [0, 0.1) is 0 Å². The van der Waals surface area contributed by atoms with Crippen molar-refractivity contribution in [3.8, 4) is 0 Å². The maximum absolute atomic E-state index is 11.6. The molecule has 1 rings (SSSR count). The Morgan fingerprint density at radius 2 is 1.55 bits per heavy atom. The molecule has 0 aliphatic heterocycles.